The highest BCUT2D eigenvalue weighted by atomic mass is 35.5. The third-order valence-corrected chi connectivity index (χ3v) is 9.18. The number of carbonyl (C=O) groups is 1. The average molecular weight is 607 g/mol. The van der Waals surface area contributed by atoms with Crippen molar-refractivity contribution in [2.75, 3.05) is 50.0 Å². The summed E-state index contributed by atoms with van der Waals surface area (Å²) in [6.45, 7) is 4.85. The molecule has 0 bridgehead atoms. The highest BCUT2D eigenvalue weighted by molar-refractivity contribution is 7.92. The summed E-state index contributed by atoms with van der Waals surface area (Å²) in [4.78, 5) is 32.0. The van der Waals surface area contributed by atoms with Crippen molar-refractivity contribution in [1.82, 2.24) is 19.2 Å². The Morgan fingerprint density at radius 3 is 2.60 bits per heavy atom. The number of urea groups is 1. The molecule has 1 aliphatic rings. The van der Waals surface area contributed by atoms with E-state index in [4.69, 9.17) is 16.3 Å². The molecule has 3 N–H and O–H groups in total. The van der Waals surface area contributed by atoms with Crippen molar-refractivity contribution in [2.24, 2.45) is 0 Å². The zero-order valence-electron chi connectivity index (χ0n) is 20.9. The average Bonchev–Trinajstić information content (AvgIpc) is 3.37. The minimum atomic E-state index is -4.15. The number of rotatable bonds is 8. The van der Waals surface area contributed by atoms with Crippen LogP contribution in [0.2, 0.25) is 4.34 Å². The number of carbonyl (C=O) groups excluding carboxylic acids is 1. The molecule has 2 aromatic carbocycles. The van der Waals surface area contributed by atoms with E-state index in [2.05, 4.69) is 20.5 Å². The maximum atomic E-state index is 15.0. The monoisotopic (exact) mass is 606 g/mol. The molecular weight excluding hydrogens is 583 g/mol. The van der Waals surface area contributed by atoms with Gasteiger partial charge in [-0.25, -0.2) is 27.3 Å². The second kappa shape index (κ2) is 11.9. The lowest BCUT2D eigenvalue weighted by Gasteiger charge is -2.26. The fourth-order valence-corrected chi connectivity index (χ4v) is 6.53. The zero-order valence-corrected chi connectivity index (χ0v) is 23.3. The Hall–Kier alpha value is -3.56. The van der Waals surface area contributed by atoms with Crippen LogP contribution in [0.3, 0.4) is 0 Å². The Morgan fingerprint density at radius 2 is 1.88 bits per heavy atom. The maximum Gasteiger partial charge on any atom is 0.333 e. The van der Waals surface area contributed by atoms with Gasteiger partial charge in [0.2, 0.25) is 0 Å². The molecule has 1 aliphatic heterocycles. The molecule has 0 spiro atoms. The number of aromatic nitrogens is 2. The SMILES string of the molecule is O=C(Nc1ccc(-n2cnc3cc(NCCN4CCOCC4)ccc3c2=O)c(F)c1)NS(=O)(=O)c1ccc(Cl)s1. The lowest BCUT2D eigenvalue weighted by molar-refractivity contribution is 0.0398. The van der Waals surface area contributed by atoms with Crippen molar-refractivity contribution in [1.29, 1.82) is 0 Å². The number of morpholine rings is 1. The Balaban J connectivity index is 1.27. The number of hydrogen-bond donors (Lipinski definition) is 3. The largest absolute Gasteiger partial charge is 0.384 e. The molecule has 1 saturated heterocycles. The number of nitrogens with zero attached hydrogens (tertiary/aromatic N) is 3. The van der Waals surface area contributed by atoms with Crippen LogP contribution in [0, 0.1) is 5.82 Å². The highest BCUT2D eigenvalue weighted by Gasteiger charge is 2.20. The van der Waals surface area contributed by atoms with Crippen LogP contribution in [-0.4, -0.2) is 68.3 Å². The number of halogens is 2. The molecule has 0 atom stereocenters. The molecule has 4 aromatic rings. The molecule has 0 radical (unpaired) electrons. The first kappa shape index (κ1) is 28.0. The topological polar surface area (TPSA) is 135 Å². The van der Waals surface area contributed by atoms with Crippen molar-refractivity contribution in [2.45, 2.75) is 4.21 Å². The van der Waals surface area contributed by atoms with E-state index in [1.807, 2.05) is 4.72 Å². The molecule has 15 heteroatoms. The van der Waals surface area contributed by atoms with Crippen LogP contribution in [0.4, 0.5) is 20.6 Å². The van der Waals surface area contributed by atoms with Crippen LogP contribution >= 0.6 is 22.9 Å². The number of hydrogen-bond acceptors (Lipinski definition) is 9. The fraction of sp³-hybridized carbons (Fsp3) is 0.240. The minimum absolute atomic E-state index is 0.0206. The van der Waals surface area contributed by atoms with Crippen molar-refractivity contribution < 1.29 is 22.3 Å². The number of fused-ring (bicyclic) bond motifs is 1. The van der Waals surface area contributed by atoms with Gasteiger partial charge in [-0.15, -0.1) is 11.3 Å². The second-order valence-corrected chi connectivity index (χ2v) is 12.4. The molecule has 3 heterocycles. The van der Waals surface area contributed by atoms with Gasteiger partial charge in [-0.1, -0.05) is 11.6 Å². The van der Waals surface area contributed by atoms with Crippen LogP contribution in [0.1, 0.15) is 0 Å². The third kappa shape index (κ3) is 6.42. The van der Waals surface area contributed by atoms with Gasteiger partial charge in [-0.3, -0.25) is 14.3 Å². The highest BCUT2D eigenvalue weighted by Crippen LogP contribution is 2.25. The quantitative estimate of drug-likeness (QED) is 0.277. The summed E-state index contributed by atoms with van der Waals surface area (Å²) in [6, 6.07) is 10.3. The molecule has 2 aromatic heterocycles. The first-order valence-corrected chi connectivity index (χ1v) is 14.8. The van der Waals surface area contributed by atoms with Gasteiger partial charge in [-0.2, -0.15) is 0 Å². The molecule has 40 heavy (non-hydrogen) atoms. The van der Waals surface area contributed by atoms with Crippen LogP contribution in [0.5, 0.6) is 0 Å². The van der Waals surface area contributed by atoms with Gasteiger partial charge in [0.25, 0.3) is 15.6 Å². The Bertz CT molecular complexity index is 1720. The lowest BCUT2D eigenvalue weighted by atomic mass is 10.2. The number of thiophene rings is 1. The molecule has 0 saturated carbocycles. The van der Waals surface area contributed by atoms with Crippen LogP contribution in [0.15, 0.2) is 63.9 Å². The van der Waals surface area contributed by atoms with Gasteiger partial charge in [0.15, 0.2) is 0 Å². The number of benzene rings is 2. The molecule has 5 rings (SSSR count). The number of ether oxygens (including phenoxy) is 1. The van der Waals surface area contributed by atoms with Gasteiger partial charge < -0.3 is 15.4 Å². The van der Waals surface area contributed by atoms with Crippen LogP contribution < -0.4 is 20.9 Å². The van der Waals surface area contributed by atoms with E-state index in [0.717, 1.165) is 67.1 Å². The van der Waals surface area contributed by atoms with E-state index in [9.17, 15) is 18.0 Å². The van der Waals surface area contributed by atoms with E-state index in [0.29, 0.717) is 10.9 Å². The van der Waals surface area contributed by atoms with Gasteiger partial charge in [-0.05, 0) is 48.5 Å². The third-order valence-electron chi connectivity index (χ3n) is 6.13. The van der Waals surface area contributed by atoms with E-state index in [-0.39, 0.29) is 19.9 Å². The van der Waals surface area contributed by atoms with Gasteiger partial charge in [0.05, 0.1) is 34.1 Å². The Morgan fingerprint density at radius 1 is 1.10 bits per heavy atom. The summed E-state index contributed by atoms with van der Waals surface area (Å²) in [5.41, 5.74) is 0.699. The number of anilines is 2. The molecule has 0 aliphatic carbocycles. The van der Waals surface area contributed by atoms with Crippen LogP contribution in [-0.2, 0) is 14.8 Å². The summed E-state index contributed by atoms with van der Waals surface area (Å²) in [5.74, 6) is -0.824. The Kier molecular flexibility index (Phi) is 8.32. The van der Waals surface area contributed by atoms with Crippen molar-refractivity contribution in [3.8, 4) is 5.69 Å². The van der Waals surface area contributed by atoms with E-state index >= 15 is 4.39 Å². The summed E-state index contributed by atoms with van der Waals surface area (Å²) in [7, 11) is -4.15. The maximum absolute atomic E-state index is 15.0. The fourth-order valence-electron chi connectivity index (χ4n) is 4.14. The zero-order chi connectivity index (χ0) is 28.3. The van der Waals surface area contributed by atoms with Crippen molar-refractivity contribution in [3.05, 3.63) is 75.4 Å². The predicted octanol–water partition coefficient (Wildman–Crippen LogP) is 3.49. The van der Waals surface area contributed by atoms with E-state index in [1.54, 1.807) is 18.2 Å². The summed E-state index contributed by atoms with van der Waals surface area (Å²) < 4.78 is 47.9. The smallest absolute Gasteiger partial charge is 0.333 e. The molecule has 11 nitrogen and oxygen atoms in total. The summed E-state index contributed by atoms with van der Waals surface area (Å²) in [5, 5.41) is 5.90. The predicted molar refractivity (Wildman–Crippen MR) is 152 cm³/mol. The standard InChI is InChI=1S/C25H24ClFN6O5S2/c26-22-5-6-23(39-22)40(36,37)31-25(35)30-17-2-4-21(19(27)13-17)33-15-29-20-14-16(1-3-18(20)24(33)34)28-7-8-32-9-11-38-12-10-32/h1-6,13-15,28H,7-12H2,(H2,30,31,35). The summed E-state index contributed by atoms with van der Waals surface area (Å²) in [6.07, 6.45) is 1.24. The van der Waals surface area contributed by atoms with Crippen LogP contribution in [0.25, 0.3) is 16.6 Å². The minimum Gasteiger partial charge on any atom is -0.384 e. The normalized spacial score (nSPS) is 14.2. The first-order valence-electron chi connectivity index (χ1n) is 12.1. The number of amides is 2. The van der Waals surface area contributed by atoms with Crippen molar-refractivity contribution in [3.63, 3.8) is 0 Å². The van der Waals surface area contributed by atoms with Gasteiger partial charge in [0.1, 0.15) is 16.4 Å². The lowest BCUT2D eigenvalue weighted by Crippen LogP contribution is -2.39. The second-order valence-electron chi connectivity index (χ2n) is 8.82. The number of nitrogens with one attached hydrogen (secondary N) is 3. The van der Waals surface area contributed by atoms with Gasteiger partial charge in [0, 0.05) is 37.6 Å². The molecular formula is C25H24ClFN6O5S2. The first-order chi connectivity index (χ1) is 19.2. The van der Waals surface area contributed by atoms with Crippen molar-refractivity contribution >= 4 is 61.3 Å². The Labute approximate surface area is 237 Å². The summed E-state index contributed by atoms with van der Waals surface area (Å²) >= 11 is 6.54. The van der Waals surface area contributed by atoms with Gasteiger partial charge >= 0.3 is 6.03 Å². The van der Waals surface area contributed by atoms with E-state index < -0.39 is 27.4 Å². The van der Waals surface area contributed by atoms with E-state index in [1.165, 1.54) is 30.6 Å². The number of sulfonamides is 1. The molecule has 1 fully saturated rings. The molecule has 0 unspecified atom stereocenters. The molecule has 210 valence electrons. The molecule has 2 amide bonds.